The van der Waals surface area contributed by atoms with Crippen LogP contribution < -0.4 is 4.90 Å². The van der Waals surface area contributed by atoms with Crippen molar-refractivity contribution >= 4 is 21.7 Å². The van der Waals surface area contributed by atoms with E-state index in [9.17, 15) is 0 Å². The van der Waals surface area contributed by atoms with Crippen molar-refractivity contribution in [2.75, 3.05) is 11.4 Å². The van der Waals surface area contributed by atoms with Gasteiger partial charge < -0.3 is 4.90 Å². The summed E-state index contributed by atoms with van der Waals surface area (Å²) in [6.07, 6.45) is 4.26. The Morgan fingerprint density at radius 2 is 2.00 bits per heavy atom. The lowest BCUT2D eigenvalue weighted by Gasteiger charge is -2.22. The summed E-state index contributed by atoms with van der Waals surface area (Å²) in [6.45, 7) is 4.15. The minimum atomic E-state index is 0.963. The number of pyridine rings is 1. The van der Waals surface area contributed by atoms with Crippen molar-refractivity contribution < 1.29 is 0 Å². The third kappa shape index (κ3) is 2.66. The zero-order chi connectivity index (χ0) is 13.2. The van der Waals surface area contributed by atoms with Crippen molar-refractivity contribution in [1.29, 1.82) is 0 Å². The van der Waals surface area contributed by atoms with Crippen LogP contribution in [0.15, 0.2) is 41.0 Å². The second-order valence-corrected chi connectivity index (χ2v) is 5.94. The first-order valence-corrected chi connectivity index (χ1v) is 7.47. The van der Waals surface area contributed by atoms with Crippen molar-refractivity contribution in [2.45, 2.75) is 26.3 Å². The molecule has 2 nitrogen and oxygen atoms in total. The summed E-state index contributed by atoms with van der Waals surface area (Å²) >= 11 is 3.51. The number of fused-ring (bicyclic) bond motifs is 1. The molecular formula is C16H17BrN2. The number of aromatic nitrogens is 1. The second kappa shape index (κ2) is 5.33. The number of anilines is 1. The molecule has 0 saturated heterocycles. The van der Waals surface area contributed by atoms with Crippen LogP contribution in [0.3, 0.4) is 0 Å². The molecule has 0 N–H and O–H groups in total. The highest BCUT2D eigenvalue weighted by Gasteiger charge is 2.15. The summed E-state index contributed by atoms with van der Waals surface area (Å²) in [5, 5.41) is 0. The Balaban J connectivity index is 1.92. The fourth-order valence-corrected chi connectivity index (χ4v) is 2.81. The van der Waals surface area contributed by atoms with Crippen LogP contribution >= 0.6 is 15.9 Å². The number of halogens is 1. The van der Waals surface area contributed by atoms with Gasteiger partial charge in [0, 0.05) is 23.8 Å². The molecule has 3 rings (SSSR count). The van der Waals surface area contributed by atoms with Gasteiger partial charge in [0.1, 0.15) is 5.82 Å². The topological polar surface area (TPSA) is 16.1 Å². The zero-order valence-electron chi connectivity index (χ0n) is 11.1. The van der Waals surface area contributed by atoms with Crippen molar-refractivity contribution in [2.24, 2.45) is 0 Å². The first-order chi connectivity index (χ1) is 9.24. The molecule has 0 aliphatic carbocycles. The Hall–Kier alpha value is -1.35. The van der Waals surface area contributed by atoms with E-state index in [-0.39, 0.29) is 0 Å². The lowest BCUT2D eigenvalue weighted by Crippen LogP contribution is -2.23. The van der Waals surface area contributed by atoms with Gasteiger partial charge in [0.15, 0.2) is 0 Å². The predicted octanol–water partition coefficient (Wildman–Crippen LogP) is 4.11. The summed E-state index contributed by atoms with van der Waals surface area (Å²) in [5.74, 6) is 1.08. The molecule has 0 bridgehead atoms. The first-order valence-electron chi connectivity index (χ1n) is 6.68. The van der Waals surface area contributed by atoms with Crippen molar-refractivity contribution in [3.05, 3.63) is 57.7 Å². The molecule has 2 heterocycles. The zero-order valence-corrected chi connectivity index (χ0v) is 12.7. The lowest BCUT2D eigenvalue weighted by atomic mass is 10.0. The molecule has 0 saturated carbocycles. The average Bonchev–Trinajstić information content (AvgIpc) is 2.64. The number of hydrogen-bond donors (Lipinski definition) is 0. The number of benzene rings is 1. The molecule has 1 aromatic carbocycles. The van der Waals surface area contributed by atoms with Gasteiger partial charge in [-0.25, -0.2) is 4.98 Å². The van der Waals surface area contributed by atoms with E-state index in [0.29, 0.717) is 0 Å². The van der Waals surface area contributed by atoms with Crippen LogP contribution in [0.5, 0.6) is 0 Å². The summed E-state index contributed by atoms with van der Waals surface area (Å²) in [6, 6.07) is 10.9. The average molecular weight is 317 g/mol. The van der Waals surface area contributed by atoms with Crippen LogP contribution in [0.1, 0.15) is 23.1 Å². The number of aryl methyl sites for hydroxylation is 2. The maximum absolute atomic E-state index is 4.56. The van der Waals surface area contributed by atoms with Gasteiger partial charge in [-0.2, -0.15) is 0 Å². The number of nitrogens with zero attached hydrogens (tertiary/aromatic N) is 2. The predicted molar refractivity (Wildman–Crippen MR) is 82.5 cm³/mol. The highest BCUT2D eigenvalue weighted by atomic mass is 79.9. The van der Waals surface area contributed by atoms with E-state index in [1.807, 2.05) is 6.20 Å². The molecule has 1 aliphatic heterocycles. The van der Waals surface area contributed by atoms with Crippen LogP contribution in [0.2, 0.25) is 0 Å². The van der Waals surface area contributed by atoms with Gasteiger partial charge in [-0.3, -0.25) is 0 Å². The number of hydrogen-bond acceptors (Lipinski definition) is 2. The van der Waals surface area contributed by atoms with E-state index in [2.05, 4.69) is 63.1 Å². The minimum Gasteiger partial charge on any atom is -0.352 e. The molecule has 1 aromatic heterocycles. The Morgan fingerprint density at radius 1 is 1.21 bits per heavy atom. The molecule has 0 amide bonds. The van der Waals surface area contributed by atoms with Crippen LogP contribution in [0, 0.1) is 6.92 Å². The summed E-state index contributed by atoms with van der Waals surface area (Å²) in [5.41, 5.74) is 4.16. The van der Waals surface area contributed by atoms with Gasteiger partial charge in [0.25, 0.3) is 0 Å². The standard InChI is InChI=1S/C16H17BrN2/c1-12-9-16(18-10-15(12)17)19-8-4-7-13-5-2-3-6-14(13)11-19/h2-3,5-6,9-10H,4,7-8,11H2,1H3. The van der Waals surface area contributed by atoms with Gasteiger partial charge in [0.05, 0.1) is 0 Å². The fourth-order valence-electron chi connectivity index (χ4n) is 2.59. The van der Waals surface area contributed by atoms with E-state index in [1.54, 1.807) is 0 Å². The van der Waals surface area contributed by atoms with Crippen LogP contribution in [-0.2, 0) is 13.0 Å². The minimum absolute atomic E-state index is 0.963. The van der Waals surface area contributed by atoms with E-state index < -0.39 is 0 Å². The van der Waals surface area contributed by atoms with Crippen molar-refractivity contribution in [1.82, 2.24) is 4.98 Å². The Kier molecular flexibility index (Phi) is 3.56. The van der Waals surface area contributed by atoms with Crippen LogP contribution in [0.4, 0.5) is 5.82 Å². The molecule has 2 aromatic rings. The van der Waals surface area contributed by atoms with Gasteiger partial charge in [-0.05, 0) is 58.5 Å². The quantitative estimate of drug-likeness (QED) is 0.787. The van der Waals surface area contributed by atoms with E-state index >= 15 is 0 Å². The van der Waals surface area contributed by atoms with Crippen LogP contribution in [-0.4, -0.2) is 11.5 Å². The molecule has 0 unspecified atom stereocenters. The Bertz CT molecular complexity index is 595. The van der Waals surface area contributed by atoms with Crippen molar-refractivity contribution in [3.63, 3.8) is 0 Å². The van der Waals surface area contributed by atoms with Crippen LogP contribution in [0.25, 0.3) is 0 Å². The highest BCUT2D eigenvalue weighted by molar-refractivity contribution is 9.10. The molecule has 19 heavy (non-hydrogen) atoms. The monoisotopic (exact) mass is 316 g/mol. The van der Waals surface area contributed by atoms with E-state index in [0.717, 1.165) is 23.4 Å². The largest absolute Gasteiger partial charge is 0.352 e. The van der Waals surface area contributed by atoms with Gasteiger partial charge in [-0.1, -0.05) is 24.3 Å². The van der Waals surface area contributed by atoms with Gasteiger partial charge >= 0.3 is 0 Å². The molecule has 0 radical (unpaired) electrons. The molecular weight excluding hydrogens is 300 g/mol. The van der Waals surface area contributed by atoms with E-state index in [1.165, 1.54) is 29.5 Å². The second-order valence-electron chi connectivity index (χ2n) is 5.09. The molecule has 0 spiro atoms. The molecule has 1 aliphatic rings. The summed E-state index contributed by atoms with van der Waals surface area (Å²) in [4.78, 5) is 6.94. The number of rotatable bonds is 1. The maximum atomic E-state index is 4.56. The third-order valence-corrected chi connectivity index (χ3v) is 4.54. The lowest BCUT2D eigenvalue weighted by molar-refractivity contribution is 0.754. The molecule has 98 valence electrons. The summed E-state index contributed by atoms with van der Waals surface area (Å²) in [7, 11) is 0. The Morgan fingerprint density at radius 3 is 2.79 bits per heavy atom. The summed E-state index contributed by atoms with van der Waals surface area (Å²) < 4.78 is 1.08. The first kappa shape index (κ1) is 12.7. The van der Waals surface area contributed by atoms with Gasteiger partial charge in [0.2, 0.25) is 0 Å². The molecule has 0 fully saturated rings. The normalized spacial score (nSPS) is 14.9. The highest BCUT2D eigenvalue weighted by Crippen LogP contribution is 2.25. The molecule has 0 atom stereocenters. The fraction of sp³-hybridized carbons (Fsp3) is 0.312. The SMILES string of the molecule is Cc1cc(N2CCCc3ccccc3C2)ncc1Br. The van der Waals surface area contributed by atoms with Gasteiger partial charge in [-0.15, -0.1) is 0 Å². The Labute approximate surface area is 122 Å². The molecule has 3 heteroatoms. The third-order valence-electron chi connectivity index (χ3n) is 3.71. The van der Waals surface area contributed by atoms with Crippen molar-refractivity contribution in [3.8, 4) is 0 Å². The van der Waals surface area contributed by atoms with E-state index in [4.69, 9.17) is 0 Å². The smallest absolute Gasteiger partial charge is 0.129 e. The maximum Gasteiger partial charge on any atom is 0.129 e.